The monoisotopic (exact) mass is 180 g/mol. The van der Waals surface area contributed by atoms with Gasteiger partial charge in [-0.3, -0.25) is 0 Å². The quantitative estimate of drug-likeness (QED) is 0.714. The predicted molar refractivity (Wildman–Crippen MR) is 50.8 cm³/mol. The predicted octanol–water partition coefficient (Wildman–Crippen LogP) is 1.66. The van der Waals surface area contributed by atoms with E-state index in [0.717, 1.165) is 24.7 Å². The molecular formula is C10H16N2O. The molecule has 0 amide bonds. The summed E-state index contributed by atoms with van der Waals surface area (Å²) in [5.74, 6) is 2.37. The van der Waals surface area contributed by atoms with Crippen LogP contribution >= 0.6 is 0 Å². The molecule has 2 rings (SSSR count). The Balaban J connectivity index is 2.17. The van der Waals surface area contributed by atoms with Crippen molar-refractivity contribution in [2.75, 3.05) is 13.1 Å². The Morgan fingerprint density at radius 3 is 2.54 bits per heavy atom. The molecule has 3 heteroatoms. The van der Waals surface area contributed by atoms with Gasteiger partial charge in [0.25, 0.3) is 0 Å². The fraction of sp³-hybridized carbons (Fsp3) is 0.700. The van der Waals surface area contributed by atoms with Crippen molar-refractivity contribution in [3.8, 4) is 0 Å². The summed E-state index contributed by atoms with van der Waals surface area (Å²) >= 11 is 0. The lowest BCUT2D eigenvalue weighted by atomic mass is 9.94. The lowest BCUT2D eigenvalue weighted by molar-refractivity contribution is 0.321. The summed E-state index contributed by atoms with van der Waals surface area (Å²) < 4.78 is 5.70. The van der Waals surface area contributed by atoms with Crippen molar-refractivity contribution in [1.82, 2.24) is 10.3 Å². The second kappa shape index (κ2) is 2.84. The highest BCUT2D eigenvalue weighted by Gasteiger charge is 2.26. The second-order valence-corrected chi connectivity index (χ2v) is 4.67. The summed E-state index contributed by atoms with van der Waals surface area (Å²) in [6.45, 7) is 8.41. The van der Waals surface area contributed by atoms with E-state index in [2.05, 4.69) is 31.1 Å². The van der Waals surface area contributed by atoms with Gasteiger partial charge in [0.15, 0.2) is 5.89 Å². The van der Waals surface area contributed by atoms with Crippen molar-refractivity contribution in [1.29, 1.82) is 0 Å². The van der Waals surface area contributed by atoms with Crippen LogP contribution in [0.3, 0.4) is 0 Å². The van der Waals surface area contributed by atoms with Gasteiger partial charge in [0.1, 0.15) is 5.76 Å². The van der Waals surface area contributed by atoms with Crippen LogP contribution in [0.1, 0.15) is 38.3 Å². The zero-order valence-corrected chi connectivity index (χ0v) is 8.42. The zero-order valence-electron chi connectivity index (χ0n) is 8.42. The molecule has 0 unspecified atom stereocenters. The van der Waals surface area contributed by atoms with Crippen LogP contribution in [0.15, 0.2) is 10.6 Å². The number of nitrogens with zero attached hydrogens (tertiary/aromatic N) is 1. The summed E-state index contributed by atoms with van der Waals surface area (Å²) in [6.07, 6.45) is 1.85. The molecule has 0 saturated carbocycles. The molecule has 0 atom stereocenters. The van der Waals surface area contributed by atoms with Gasteiger partial charge < -0.3 is 9.73 Å². The molecule has 0 spiro atoms. The molecule has 0 aliphatic carbocycles. The van der Waals surface area contributed by atoms with Crippen molar-refractivity contribution in [2.45, 2.75) is 32.1 Å². The molecule has 1 aromatic heterocycles. The minimum absolute atomic E-state index is 0.0719. The third kappa shape index (κ3) is 1.61. The Kier molecular flexibility index (Phi) is 1.91. The standard InChI is InChI=1S/C10H16N2O/c1-10(2,3)8-6-12-9(13-8)7-4-11-5-7/h6-7,11H,4-5H2,1-3H3. The smallest absolute Gasteiger partial charge is 0.200 e. The Bertz CT molecular complexity index is 294. The average Bonchev–Trinajstić information content (AvgIpc) is 2.29. The molecule has 1 fully saturated rings. The fourth-order valence-corrected chi connectivity index (χ4v) is 1.29. The van der Waals surface area contributed by atoms with E-state index >= 15 is 0 Å². The highest BCUT2D eigenvalue weighted by Crippen LogP contribution is 2.26. The van der Waals surface area contributed by atoms with E-state index in [-0.39, 0.29) is 5.41 Å². The molecule has 13 heavy (non-hydrogen) atoms. The molecule has 72 valence electrons. The largest absolute Gasteiger partial charge is 0.445 e. The van der Waals surface area contributed by atoms with E-state index in [4.69, 9.17) is 4.42 Å². The number of oxazole rings is 1. The van der Waals surface area contributed by atoms with Crippen molar-refractivity contribution >= 4 is 0 Å². The molecule has 1 aromatic rings. The number of hydrogen-bond donors (Lipinski definition) is 1. The number of nitrogens with one attached hydrogen (secondary N) is 1. The summed E-state index contributed by atoms with van der Waals surface area (Å²) in [5.41, 5.74) is 0.0719. The van der Waals surface area contributed by atoms with Crippen LogP contribution in [-0.4, -0.2) is 18.1 Å². The van der Waals surface area contributed by atoms with Crippen LogP contribution in [0.5, 0.6) is 0 Å². The molecule has 1 saturated heterocycles. The van der Waals surface area contributed by atoms with Crippen molar-refractivity contribution in [3.63, 3.8) is 0 Å². The van der Waals surface area contributed by atoms with E-state index in [9.17, 15) is 0 Å². The van der Waals surface area contributed by atoms with Gasteiger partial charge >= 0.3 is 0 Å². The van der Waals surface area contributed by atoms with E-state index in [1.54, 1.807) is 0 Å². The topological polar surface area (TPSA) is 38.1 Å². The number of hydrogen-bond acceptors (Lipinski definition) is 3. The first-order valence-corrected chi connectivity index (χ1v) is 4.74. The third-order valence-corrected chi connectivity index (χ3v) is 2.39. The fourth-order valence-electron chi connectivity index (χ4n) is 1.29. The normalized spacial score (nSPS) is 18.7. The maximum Gasteiger partial charge on any atom is 0.200 e. The summed E-state index contributed by atoms with van der Waals surface area (Å²) in [6, 6.07) is 0. The van der Waals surface area contributed by atoms with Gasteiger partial charge in [0.05, 0.1) is 12.1 Å². The maximum absolute atomic E-state index is 5.70. The third-order valence-electron chi connectivity index (χ3n) is 2.39. The van der Waals surface area contributed by atoms with E-state index in [0.29, 0.717) is 5.92 Å². The van der Waals surface area contributed by atoms with Gasteiger partial charge in [-0.2, -0.15) is 0 Å². The van der Waals surface area contributed by atoms with Crippen LogP contribution in [0.4, 0.5) is 0 Å². The van der Waals surface area contributed by atoms with Crippen LogP contribution in [-0.2, 0) is 5.41 Å². The molecule has 0 radical (unpaired) electrons. The summed E-state index contributed by atoms with van der Waals surface area (Å²) in [7, 11) is 0. The molecule has 1 aliphatic rings. The van der Waals surface area contributed by atoms with E-state index < -0.39 is 0 Å². The molecule has 2 heterocycles. The first-order chi connectivity index (χ1) is 6.07. The Labute approximate surface area is 78.5 Å². The lowest BCUT2D eigenvalue weighted by Gasteiger charge is -2.24. The van der Waals surface area contributed by atoms with Crippen molar-refractivity contribution in [3.05, 3.63) is 17.8 Å². The first kappa shape index (κ1) is 8.75. The van der Waals surface area contributed by atoms with E-state index in [1.165, 1.54) is 0 Å². The highest BCUT2D eigenvalue weighted by atomic mass is 16.4. The van der Waals surface area contributed by atoms with Gasteiger partial charge in [-0.1, -0.05) is 20.8 Å². The first-order valence-electron chi connectivity index (χ1n) is 4.74. The van der Waals surface area contributed by atoms with Crippen molar-refractivity contribution in [2.24, 2.45) is 0 Å². The Morgan fingerprint density at radius 2 is 2.15 bits per heavy atom. The van der Waals surface area contributed by atoms with Crippen LogP contribution < -0.4 is 5.32 Å². The minimum Gasteiger partial charge on any atom is -0.445 e. The average molecular weight is 180 g/mol. The SMILES string of the molecule is CC(C)(C)c1cnc(C2CNC2)o1. The number of aromatic nitrogens is 1. The molecular weight excluding hydrogens is 164 g/mol. The molecule has 1 N–H and O–H groups in total. The molecule has 3 nitrogen and oxygen atoms in total. The molecule has 1 aliphatic heterocycles. The maximum atomic E-state index is 5.70. The van der Waals surface area contributed by atoms with Crippen LogP contribution in [0.2, 0.25) is 0 Å². The molecule has 0 aromatic carbocycles. The minimum atomic E-state index is 0.0719. The van der Waals surface area contributed by atoms with Gasteiger partial charge in [-0.05, 0) is 0 Å². The number of rotatable bonds is 1. The Morgan fingerprint density at radius 1 is 1.46 bits per heavy atom. The van der Waals surface area contributed by atoms with Gasteiger partial charge in [0.2, 0.25) is 0 Å². The summed E-state index contributed by atoms with van der Waals surface area (Å²) in [5, 5.41) is 3.21. The van der Waals surface area contributed by atoms with E-state index in [1.807, 2.05) is 6.20 Å². The zero-order chi connectivity index (χ0) is 9.47. The molecule has 0 bridgehead atoms. The van der Waals surface area contributed by atoms with Crippen LogP contribution in [0.25, 0.3) is 0 Å². The van der Waals surface area contributed by atoms with Gasteiger partial charge in [-0.25, -0.2) is 4.98 Å². The summed E-state index contributed by atoms with van der Waals surface area (Å²) in [4.78, 5) is 4.30. The Hall–Kier alpha value is -0.830. The van der Waals surface area contributed by atoms with Crippen molar-refractivity contribution < 1.29 is 4.42 Å². The van der Waals surface area contributed by atoms with Crippen LogP contribution in [0, 0.1) is 0 Å². The lowest BCUT2D eigenvalue weighted by Crippen LogP contribution is -2.40. The van der Waals surface area contributed by atoms with Gasteiger partial charge in [-0.15, -0.1) is 0 Å². The second-order valence-electron chi connectivity index (χ2n) is 4.67. The van der Waals surface area contributed by atoms with Gasteiger partial charge in [0, 0.05) is 18.5 Å². The highest BCUT2D eigenvalue weighted by molar-refractivity contribution is 5.09.